The van der Waals surface area contributed by atoms with Crippen molar-refractivity contribution < 1.29 is 9.53 Å². The van der Waals surface area contributed by atoms with E-state index in [1.54, 1.807) is 4.90 Å². The molecule has 2 atom stereocenters. The zero-order valence-corrected chi connectivity index (χ0v) is 13.5. The van der Waals surface area contributed by atoms with Gasteiger partial charge in [0.25, 0.3) is 0 Å². The highest BCUT2D eigenvalue weighted by Gasteiger charge is 2.25. The molecule has 7 nitrogen and oxygen atoms in total. The number of H-pyrrole nitrogens is 1. The van der Waals surface area contributed by atoms with Gasteiger partial charge in [-0.3, -0.25) is 5.10 Å². The first-order valence-corrected chi connectivity index (χ1v) is 7.72. The van der Waals surface area contributed by atoms with E-state index in [9.17, 15) is 4.79 Å². The maximum Gasteiger partial charge on any atom is 0.322 e. The Hall–Kier alpha value is -2.41. The van der Waals surface area contributed by atoms with Crippen LogP contribution in [0.15, 0.2) is 24.3 Å². The molecule has 0 spiro atoms. The third kappa shape index (κ3) is 3.68. The van der Waals surface area contributed by atoms with Gasteiger partial charge in [0.1, 0.15) is 5.82 Å². The number of benzene rings is 1. The Bertz CT molecular complexity index is 689. The van der Waals surface area contributed by atoms with Crippen molar-refractivity contribution in [1.82, 2.24) is 20.1 Å². The minimum Gasteiger partial charge on any atom is -0.372 e. The Morgan fingerprint density at radius 2 is 2.09 bits per heavy atom. The minimum atomic E-state index is -0.115. The number of amides is 2. The number of aromatic amines is 1. The van der Waals surface area contributed by atoms with Crippen LogP contribution in [0.3, 0.4) is 0 Å². The van der Waals surface area contributed by atoms with Gasteiger partial charge in [-0.25, -0.2) is 9.78 Å². The van der Waals surface area contributed by atoms with E-state index in [-0.39, 0.29) is 18.2 Å². The van der Waals surface area contributed by atoms with Crippen LogP contribution in [0.2, 0.25) is 0 Å². The minimum absolute atomic E-state index is 0.0482. The number of carbonyl (C=O) groups excluding carboxylic acids is 1. The van der Waals surface area contributed by atoms with E-state index in [0.29, 0.717) is 18.9 Å². The number of aryl methyl sites for hydroxylation is 1. The smallest absolute Gasteiger partial charge is 0.322 e. The summed E-state index contributed by atoms with van der Waals surface area (Å²) in [5.74, 6) is 1.37. The van der Waals surface area contributed by atoms with E-state index in [4.69, 9.17) is 4.74 Å². The molecule has 0 bridgehead atoms. The fourth-order valence-electron chi connectivity index (χ4n) is 2.75. The fourth-order valence-corrected chi connectivity index (χ4v) is 2.75. The lowest BCUT2D eigenvalue weighted by molar-refractivity contribution is -0.0530. The number of hydrogen-bond acceptors (Lipinski definition) is 4. The summed E-state index contributed by atoms with van der Waals surface area (Å²) < 4.78 is 5.65. The van der Waals surface area contributed by atoms with E-state index < -0.39 is 0 Å². The maximum absolute atomic E-state index is 12.4. The first kappa shape index (κ1) is 15.5. The topological polar surface area (TPSA) is 83.1 Å². The van der Waals surface area contributed by atoms with Gasteiger partial charge in [0.05, 0.1) is 12.2 Å². The van der Waals surface area contributed by atoms with Crippen molar-refractivity contribution in [2.75, 3.05) is 18.4 Å². The van der Waals surface area contributed by atoms with Crippen molar-refractivity contribution in [3.8, 4) is 11.4 Å². The van der Waals surface area contributed by atoms with E-state index in [1.165, 1.54) is 0 Å². The molecule has 1 aliphatic heterocycles. The first-order chi connectivity index (χ1) is 11.0. The highest BCUT2D eigenvalue weighted by atomic mass is 16.5. The zero-order chi connectivity index (χ0) is 16.4. The number of ether oxygens (including phenoxy) is 1. The predicted molar refractivity (Wildman–Crippen MR) is 87.2 cm³/mol. The van der Waals surface area contributed by atoms with Crippen molar-refractivity contribution in [3.05, 3.63) is 30.1 Å². The Morgan fingerprint density at radius 1 is 1.35 bits per heavy atom. The molecule has 1 saturated heterocycles. The Labute approximate surface area is 135 Å². The third-order valence-electron chi connectivity index (χ3n) is 3.68. The predicted octanol–water partition coefficient (Wildman–Crippen LogP) is 2.42. The van der Waals surface area contributed by atoms with Crippen LogP contribution in [-0.2, 0) is 4.74 Å². The number of carbonyl (C=O) groups is 1. The largest absolute Gasteiger partial charge is 0.372 e. The molecule has 0 unspecified atom stereocenters. The first-order valence-electron chi connectivity index (χ1n) is 7.72. The van der Waals surface area contributed by atoms with Gasteiger partial charge in [-0.15, -0.1) is 0 Å². The quantitative estimate of drug-likeness (QED) is 0.891. The molecule has 0 radical (unpaired) electrons. The molecule has 23 heavy (non-hydrogen) atoms. The normalized spacial score (nSPS) is 21.3. The molecule has 1 aromatic heterocycles. The molecular formula is C16H21N5O2. The van der Waals surface area contributed by atoms with Crippen LogP contribution in [0.25, 0.3) is 11.4 Å². The highest BCUT2D eigenvalue weighted by molar-refractivity contribution is 5.90. The molecule has 0 aliphatic carbocycles. The van der Waals surface area contributed by atoms with Gasteiger partial charge >= 0.3 is 6.03 Å². The monoisotopic (exact) mass is 315 g/mol. The summed E-state index contributed by atoms with van der Waals surface area (Å²) in [5, 5.41) is 9.89. The average molecular weight is 315 g/mol. The summed E-state index contributed by atoms with van der Waals surface area (Å²) in [4.78, 5) is 18.5. The lowest BCUT2D eigenvalue weighted by Crippen LogP contribution is -2.49. The number of hydrogen-bond donors (Lipinski definition) is 2. The van der Waals surface area contributed by atoms with Gasteiger partial charge in [0, 0.05) is 24.3 Å². The lowest BCUT2D eigenvalue weighted by Gasteiger charge is -2.35. The molecule has 2 N–H and O–H groups in total. The van der Waals surface area contributed by atoms with Crippen molar-refractivity contribution in [2.24, 2.45) is 0 Å². The molecule has 3 rings (SSSR count). The summed E-state index contributed by atoms with van der Waals surface area (Å²) in [6.45, 7) is 6.99. The lowest BCUT2D eigenvalue weighted by atomic mass is 10.2. The third-order valence-corrected chi connectivity index (χ3v) is 3.68. The van der Waals surface area contributed by atoms with E-state index in [0.717, 1.165) is 17.1 Å². The average Bonchev–Trinajstić information content (AvgIpc) is 2.93. The summed E-state index contributed by atoms with van der Waals surface area (Å²) in [7, 11) is 0. The summed E-state index contributed by atoms with van der Waals surface area (Å²) in [6, 6.07) is 7.40. The number of aromatic nitrogens is 3. The molecule has 2 heterocycles. The number of anilines is 1. The highest BCUT2D eigenvalue weighted by Crippen LogP contribution is 2.20. The van der Waals surface area contributed by atoms with Crippen molar-refractivity contribution >= 4 is 11.7 Å². The second-order valence-corrected chi connectivity index (χ2v) is 5.92. The fraction of sp³-hybridized carbons (Fsp3) is 0.438. The molecule has 1 aromatic carbocycles. The maximum atomic E-state index is 12.4. The Balaban J connectivity index is 1.71. The van der Waals surface area contributed by atoms with Crippen LogP contribution in [-0.4, -0.2) is 51.4 Å². The van der Waals surface area contributed by atoms with Gasteiger partial charge in [-0.05, 0) is 32.9 Å². The summed E-state index contributed by atoms with van der Waals surface area (Å²) >= 11 is 0. The number of urea groups is 1. The molecule has 1 fully saturated rings. The van der Waals surface area contributed by atoms with Gasteiger partial charge in [-0.2, -0.15) is 5.10 Å². The van der Waals surface area contributed by atoms with Crippen LogP contribution in [0.1, 0.15) is 19.7 Å². The molecule has 0 saturated carbocycles. The number of morpholine rings is 1. The van der Waals surface area contributed by atoms with Crippen molar-refractivity contribution in [3.63, 3.8) is 0 Å². The molecule has 1 aliphatic rings. The van der Waals surface area contributed by atoms with Crippen LogP contribution in [0.5, 0.6) is 0 Å². The van der Waals surface area contributed by atoms with E-state index >= 15 is 0 Å². The van der Waals surface area contributed by atoms with Crippen LogP contribution >= 0.6 is 0 Å². The molecule has 122 valence electrons. The standard InChI is InChI=1S/C16H21N5O2/c1-10-8-21(9-11(2)23-10)16(22)18-14-6-4-5-13(7-14)15-17-12(3)19-20-15/h4-7,10-11H,8-9H2,1-3H3,(H,18,22)(H,17,19,20)/t10-,11+. The Morgan fingerprint density at radius 3 is 2.74 bits per heavy atom. The van der Waals surface area contributed by atoms with Crippen molar-refractivity contribution in [1.29, 1.82) is 0 Å². The van der Waals surface area contributed by atoms with Crippen molar-refractivity contribution in [2.45, 2.75) is 33.0 Å². The zero-order valence-electron chi connectivity index (χ0n) is 13.5. The van der Waals surface area contributed by atoms with Gasteiger partial charge in [0.2, 0.25) is 0 Å². The molecule has 7 heteroatoms. The molecule has 2 aromatic rings. The summed E-state index contributed by atoms with van der Waals surface area (Å²) in [6.07, 6.45) is 0.0964. The van der Waals surface area contributed by atoms with Gasteiger partial charge < -0.3 is 15.0 Å². The number of nitrogens with one attached hydrogen (secondary N) is 2. The van der Waals surface area contributed by atoms with Crippen LogP contribution in [0.4, 0.5) is 10.5 Å². The molecule has 2 amide bonds. The summed E-state index contributed by atoms with van der Waals surface area (Å²) in [5.41, 5.74) is 1.58. The number of nitrogens with zero attached hydrogens (tertiary/aromatic N) is 3. The van der Waals surface area contributed by atoms with Gasteiger partial charge in [0.15, 0.2) is 5.82 Å². The Kier molecular flexibility index (Phi) is 4.29. The second-order valence-electron chi connectivity index (χ2n) is 5.92. The van der Waals surface area contributed by atoms with Gasteiger partial charge in [-0.1, -0.05) is 12.1 Å². The van der Waals surface area contributed by atoms with Crippen LogP contribution in [0, 0.1) is 6.92 Å². The second kappa shape index (κ2) is 6.37. The molecular weight excluding hydrogens is 294 g/mol. The van der Waals surface area contributed by atoms with E-state index in [1.807, 2.05) is 45.0 Å². The van der Waals surface area contributed by atoms with Crippen LogP contribution < -0.4 is 5.32 Å². The number of rotatable bonds is 2. The SMILES string of the molecule is Cc1nc(-c2cccc(NC(=O)N3C[C@@H](C)O[C@@H](C)C3)c2)n[nH]1. The van der Waals surface area contributed by atoms with E-state index in [2.05, 4.69) is 20.5 Å².